The Morgan fingerprint density at radius 1 is 1.45 bits per heavy atom. The summed E-state index contributed by atoms with van der Waals surface area (Å²) in [7, 11) is 0. The number of nitrogens with one attached hydrogen (secondary N) is 1. The summed E-state index contributed by atoms with van der Waals surface area (Å²) in [6.07, 6.45) is 1.79. The van der Waals surface area contributed by atoms with Crippen LogP contribution in [0.1, 0.15) is 46.4 Å². The largest absolute Gasteiger partial charge is 0.464 e. The lowest BCUT2D eigenvalue weighted by Gasteiger charge is -2.18. The van der Waals surface area contributed by atoms with Gasteiger partial charge >= 0.3 is 12.2 Å². The average Bonchev–Trinajstić information content (AvgIpc) is 2.66. The number of nitrogens with zero attached hydrogens (tertiary/aromatic N) is 2. The van der Waals surface area contributed by atoms with Crippen LogP contribution in [0.5, 0.6) is 0 Å². The zero-order valence-corrected chi connectivity index (χ0v) is 12.3. The molecule has 7 nitrogen and oxygen atoms in total. The molecule has 0 aliphatic rings. The summed E-state index contributed by atoms with van der Waals surface area (Å²) in [5.74, 6) is 0.582. The number of imidazole rings is 1. The summed E-state index contributed by atoms with van der Waals surface area (Å²) >= 11 is 0. The Hall–Kier alpha value is -2.05. The highest BCUT2D eigenvalue weighted by atomic mass is 16.6. The standard InChI is InChI=1S/C13H21N3O4/c1-5-6-7-10-14-9(8-16(10)12(18)19)15-11(17)20-13(2,3)4/h8H,5-7H2,1-4H3,(H,15,17)(H,18,19). The Labute approximate surface area is 118 Å². The maximum atomic E-state index is 11.6. The maximum absolute atomic E-state index is 11.6. The van der Waals surface area contributed by atoms with Gasteiger partial charge in [0.05, 0.1) is 6.20 Å². The van der Waals surface area contributed by atoms with Gasteiger partial charge in [-0.25, -0.2) is 19.1 Å². The molecule has 1 aromatic rings. The van der Waals surface area contributed by atoms with Crippen molar-refractivity contribution in [2.45, 2.75) is 52.6 Å². The Morgan fingerprint density at radius 3 is 2.60 bits per heavy atom. The van der Waals surface area contributed by atoms with Gasteiger partial charge < -0.3 is 9.84 Å². The third-order valence-electron chi connectivity index (χ3n) is 2.37. The number of aromatic nitrogens is 2. The molecule has 0 aliphatic carbocycles. The van der Waals surface area contributed by atoms with Crippen LogP contribution in [-0.2, 0) is 11.2 Å². The number of amides is 1. The van der Waals surface area contributed by atoms with Gasteiger partial charge in [-0.05, 0) is 27.2 Å². The van der Waals surface area contributed by atoms with Crippen LogP contribution in [0.3, 0.4) is 0 Å². The molecule has 0 aromatic carbocycles. The zero-order valence-electron chi connectivity index (χ0n) is 12.3. The molecule has 2 N–H and O–H groups in total. The van der Waals surface area contributed by atoms with E-state index in [-0.39, 0.29) is 5.82 Å². The fourth-order valence-electron chi connectivity index (χ4n) is 1.56. The third-order valence-corrected chi connectivity index (χ3v) is 2.37. The lowest BCUT2D eigenvalue weighted by molar-refractivity contribution is 0.0635. The molecule has 0 atom stereocenters. The molecule has 0 radical (unpaired) electrons. The number of carbonyl (C=O) groups is 2. The van der Waals surface area contributed by atoms with Crippen molar-refractivity contribution >= 4 is 18.0 Å². The highest BCUT2D eigenvalue weighted by molar-refractivity contribution is 5.84. The third kappa shape index (κ3) is 4.91. The number of hydrogen-bond donors (Lipinski definition) is 2. The SMILES string of the molecule is CCCCc1nc(NC(=O)OC(C)(C)C)cn1C(=O)O. The minimum Gasteiger partial charge on any atom is -0.464 e. The number of carboxylic acid groups (broad SMARTS) is 1. The first-order chi connectivity index (χ1) is 9.23. The molecule has 0 fully saturated rings. The van der Waals surface area contributed by atoms with Gasteiger partial charge in [-0.2, -0.15) is 0 Å². The van der Waals surface area contributed by atoms with Crippen molar-refractivity contribution in [3.63, 3.8) is 0 Å². The normalized spacial score (nSPS) is 11.2. The Morgan fingerprint density at radius 2 is 2.10 bits per heavy atom. The van der Waals surface area contributed by atoms with E-state index in [4.69, 9.17) is 9.84 Å². The fourth-order valence-corrected chi connectivity index (χ4v) is 1.56. The Bertz CT molecular complexity index is 488. The van der Waals surface area contributed by atoms with Gasteiger partial charge in [0.15, 0.2) is 5.82 Å². The predicted octanol–water partition coefficient (Wildman–Crippen LogP) is 3.10. The first kappa shape index (κ1) is 16.0. The lowest BCUT2D eigenvalue weighted by atomic mass is 10.2. The first-order valence-electron chi connectivity index (χ1n) is 6.54. The number of unbranched alkanes of at least 4 members (excludes halogenated alkanes) is 1. The van der Waals surface area contributed by atoms with E-state index in [2.05, 4.69) is 10.3 Å². The Balaban J connectivity index is 2.81. The van der Waals surface area contributed by atoms with Crippen LogP contribution in [0, 0.1) is 0 Å². The van der Waals surface area contributed by atoms with E-state index in [1.54, 1.807) is 20.8 Å². The second-order valence-corrected chi connectivity index (χ2v) is 5.43. The molecule has 112 valence electrons. The number of aryl methyl sites for hydroxylation is 1. The van der Waals surface area contributed by atoms with E-state index < -0.39 is 17.8 Å². The molecule has 1 amide bonds. The van der Waals surface area contributed by atoms with Crippen LogP contribution < -0.4 is 5.32 Å². The summed E-state index contributed by atoms with van der Waals surface area (Å²) in [5.41, 5.74) is -0.621. The summed E-state index contributed by atoms with van der Waals surface area (Å²) < 4.78 is 6.10. The number of rotatable bonds is 4. The minimum absolute atomic E-state index is 0.174. The first-order valence-corrected chi connectivity index (χ1v) is 6.54. The number of carbonyl (C=O) groups excluding carboxylic acids is 1. The molecule has 0 aliphatic heterocycles. The van der Waals surface area contributed by atoms with Crippen molar-refractivity contribution in [1.29, 1.82) is 0 Å². The number of anilines is 1. The van der Waals surface area contributed by atoms with Crippen LogP contribution in [0.4, 0.5) is 15.4 Å². The average molecular weight is 283 g/mol. The van der Waals surface area contributed by atoms with Crippen molar-refractivity contribution in [3.05, 3.63) is 12.0 Å². The van der Waals surface area contributed by atoms with Gasteiger partial charge in [0.1, 0.15) is 11.4 Å². The van der Waals surface area contributed by atoms with E-state index in [1.807, 2.05) is 6.92 Å². The lowest BCUT2D eigenvalue weighted by Crippen LogP contribution is -2.27. The Kier molecular flexibility index (Phi) is 5.12. The monoisotopic (exact) mass is 283 g/mol. The van der Waals surface area contributed by atoms with Crippen LogP contribution in [-0.4, -0.2) is 32.4 Å². The van der Waals surface area contributed by atoms with E-state index in [1.165, 1.54) is 6.20 Å². The maximum Gasteiger partial charge on any atom is 0.417 e. The van der Waals surface area contributed by atoms with Crippen molar-refractivity contribution in [3.8, 4) is 0 Å². The number of hydrogen-bond acceptors (Lipinski definition) is 4. The highest BCUT2D eigenvalue weighted by Crippen LogP contribution is 2.13. The van der Waals surface area contributed by atoms with Gasteiger partial charge in [0, 0.05) is 6.42 Å². The van der Waals surface area contributed by atoms with Gasteiger partial charge in [0.2, 0.25) is 0 Å². The van der Waals surface area contributed by atoms with E-state index in [9.17, 15) is 9.59 Å². The smallest absolute Gasteiger partial charge is 0.417 e. The van der Waals surface area contributed by atoms with Crippen molar-refractivity contribution in [2.24, 2.45) is 0 Å². The molecule has 1 heterocycles. The molecule has 1 rings (SSSR count). The quantitative estimate of drug-likeness (QED) is 0.885. The van der Waals surface area contributed by atoms with Gasteiger partial charge in [-0.3, -0.25) is 5.32 Å². The van der Waals surface area contributed by atoms with Crippen molar-refractivity contribution in [2.75, 3.05) is 5.32 Å². The summed E-state index contributed by atoms with van der Waals surface area (Å²) in [6, 6.07) is 0. The second kappa shape index (κ2) is 6.40. The van der Waals surface area contributed by atoms with Crippen molar-refractivity contribution in [1.82, 2.24) is 9.55 Å². The summed E-state index contributed by atoms with van der Waals surface area (Å²) in [4.78, 5) is 26.8. The summed E-state index contributed by atoms with van der Waals surface area (Å²) in [5, 5.41) is 11.5. The minimum atomic E-state index is -1.12. The molecule has 0 unspecified atom stereocenters. The van der Waals surface area contributed by atoms with E-state index >= 15 is 0 Å². The van der Waals surface area contributed by atoms with Crippen LogP contribution in [0.15, 0.2) is 6.20 Å². The molecule has 0 spiro atoms. The summed E-state index contributed by atoms with van der Waals surface area (Å²) in [6.45, 7) is 7.24. The molecule has 7 heteroatoms. The van der Waals surface area contributed by atoms with Gasteiger partial charge in [0.25, 0.3) is 0 Å². The second-order valence-electron chi connectivity index (χ2n) is 5.43. The molecule has 0 bridgehead atoms. The van der Waals surface area contributed by atoms with Crippen LogP contribution >= 0.6 is 0 Å². The van der Waals surface area contributed by atoms with Crippen molar-refractivity contribution < 1.29 is 19.4 Å². The number of ether oxygens (including phenoxy) is 1. The van der Waals surface area contributed by atoms with E-state index in [0.717, 1.165) is 17.4 Å². The fraction of sp³-hybridized carbons (Fsp3) is 0.615. The molecular formula is C13H21N3O4. The molecule has 0 saturated heterocycles. The predicted molar refractivity (Wildman–Crippen MR) is 74.1 cm³/mol. The highest BCUT2D eigenvalue weighted by Gasteiger charge is 2.19. The molecule has 0 saturated carbocycles. The van der Waals surface area contributed by atoms with Gasteiger partial charge in [-0.1, -0.05) is 13.3 Å². The van der Waals surface area contributed by atoms with Crippen LogP contribution in [0.25, 0.3) is 0 Å². The molecule has 1 aromatic heterocycles. The topological polar surface area (TPSA) is 93.5 Å². The van der Waals surface area contributed by atoms with E-state index in [0.29, 0.717) is 12.2 Å². The van der Waals surface area contributed by atoms with Gasteiger partial charge in [-0.15, -0.1) is 0 Å². The molecule has 20 heavy (non-hydrogen) atoms. The van der Waals surface area contributed by atoms with Crippen LogP contribution in [0.2, 0.25) is 0 Å². The zero-order chi connectivity index (χ0) is 15.3. The molecular weight excluding hydrogens is 262 g/mol.